The van der Waals surface area contributed by atoms with Crippen molar-refractivity contribution in [3.63, 3.8) is 0 Å². The highest BCUT2D eigenvalue weighted by Crippen LogP contribution is 2.29. The predicted molar refractivity (Wildman–Crippen MR) is 99.7 cm³/mol. The lowest BCUT2D eigenvalue weighted by Gasteiger charge is -2.12. The maximum absolute atomic E-state index is 12.5. The molecule has 0 atom stereocenters. The molecule has 0 fully saturated rings. The summed E-state index contributed by atoms with van der Waals surface area (Å²) in [6, 6.07) is 8.72. The molecule has 6 nitrogen and oxygen atoms in total. The van der Waals surface area contributed by atoms with Crippen LogP contribution in [0.25, 0.3) is 0 Å². The Balaban J connectivity index is 1.80. The van der Waals surface area contributed by atoms with E-state index in [0.29, 0.717) is 18.1 Å². The summed E-state index contributed by atoms with van der Waals surface area (Å²) in [5, 5.41) is 0.600. The highest BCUT2D eigenvalue weighted by Gasteiger charge is 2.35. The van der Waals surface area contributed by atoms with Gasteiger partial charge >= 0.3 is 5.97 Å². The standard InChI is InChI=1S/C19H15Cl2NO5/c1-26-8-2-7-22-17(23)13-5-3-11(9-14(13)18(22)24)19(25)27-16-6-4-12(20)10-15(16)21/h3-6,9-10H,2,7-8H2,1H3. The molecule has 0 bridgehead atoms. The maximum atomic E-state index is 12.5. The second-order valence-corrected chi connectivity index (χ2v) is 6.68. The van der Waals surface area contributed by atoms with Crippen molar-refractivity contribution in [3.8, 4) is 5.75 Å². The average molecular weight is 408 g/mol. The fourth-order valence-electron chi connectivity index (χ4n) is 2.70. The highest BCUT2D eigenvalue weighted by molar-refractivity contribution is 6.35. The number of carbonyl (C=O) groups excluding carboxylic acids is 3. The molecule has 0 aromatic heterocycles. The van der Waals surface area contributed by atoms with Crippen molar-refractivity contribution in [2.24, 2.45) is 0 Å². The Bertz CT molecular complexity index is 928. The van der Waals surface area contributed by atoms with Gasteiger partial charge in [0, 0.05) is 25.3 Å². The van der Waals surface area contributed by atoms with Crippen molar-refractivity contribution < 1.29 is 23.9 Å². The molecule has 0 aliphatic carbocycles. The minimum absolute atomic E-state index is 0.139. The number of amides is 2. The SMILES string of the molecule is COCCCN1C(=O)c2ccc(C(=O)Oc3ccc(Cl)cc3Cl)cc2C1=O. The molecule has 3 rings (SSSR count). The van der Waals surface area contributed by atoms with Crippen molar-refractivity contribution in [2.75, 3.05) is 20.3 Å². The molecule has 2 aromatic rings. The monoisotopic (exact) mass is 407 g/mol. The van der Waals surface area contributed by atoms with Gasteiger partial charge in [-0.3, -0.25) is 14.5 Å². The first-order valence-electron chi connectivity index (χ1n) is 8.09. The van der Waals surface area contributed by atoms with E-state index in [9.17, 15) is 14.4 Å². The second-order valence-electron chi connectivity index (χ2n) is 5.83. The third-order valence-corrected chi connectivity index (χ3v) is 4.56. The highest BCUT2D eigenvalue weighted by atomic mass is 35.5. The third kappa shape index (κ3) is 3.98. The summed E-state index contributed by atoms with van der Waals surface area (Å²) in [4.78, 5) is 38.4. The van der Waals surface area contributed by atoms with E-state index in [4.69, 9.17) is 32.7 Å². The summed E-state index contributed by atoms with van der Waals surface area (Å²) in [7, 11) is 1.55. The molecule has 1 aliphatic rings. The quantitative estimate of drug-likeness (QED) is 0.314. The zero-order valence-electron chi connectivity index (χ0n) is 14.3. The third-order valence-electron chi connectivity index (χ3n) is 4.03. The van der Waals surface area contributed by atoms with Crippen LogP contribution in [0.3, 0.4) is 0 Å². The van der Waals surface area contributed by atoms with Crippen LogP contribution in [0.15, 0.2) is 36.4 Å². The molecule has 0 spiro atoms. The second kappa shape index (κ2) is 8.08. The lowest BCUT2D eigenvalue weighted by molar-refractivity contribution is 0.0638. The van der Waals surface area contributed by atoms with Crippen molar-refractivity contribution in [1.82, 2.24) is 4.90 Å². The number of halogens is 2. The van der Waals surface area contributed by atoms with E-state index in [1.54, 1.807) is 13.2 Å². The zero-order chi connectivity index (χ0) is 19.6. The molecule has 0 N–H and O–H groups in total. The van der Waals surface area contributed by atoms with Gasteiger partial charge in [-0.2, -0.15) is 0 Å². The Labute approximate surface area is 165 Å². The number of rotatable bonds is 6. The van der Waals surface area contributed by atoms with Crippen molar-refractivity contribution in [2.45, 2.75) is 6.42 Å². The maximum Gasteiger partial charge on any atom is 0.343 e. The lowest BCUT2D eigenvalue weighted by atomic mass is 10.1. The Morgan fingerprint density at radius 1 is 1.04 bits per heavy atom. The predicted octanol–water partition coefficient (Wildman–Crippen LogP) is 3.85. The van der Waals surface area contributed by atoms with Gasteiger partial charge in [0.15, 0.2) is 0 Å². The number of imide groups is 1. The van der Waals surface area contributed by atoms with E-state index >= 15 is 0 Å². The van der Waals surface area contributed by atoms with E-state index in [1.807, 2.05) is 0 Å². The summed E-state index contributed by atoms with van der Waals surface area (Å²) in [6.07, 6.45) is 0.534. The topological polar surface area (TPSA) is 72.9 Å². The number of fused-ring (bicyclic) bond motifs is 1. The van der Waals surface area contributed by atoms with Gasteiger partial charge in [0.05, 0.1) is 21.7 Å². The number of benzene rings is 2. The summed E-state index contributed by atoms with van der Waals surface area (Å²) >= 11 is 11.8. The Hall–Kier alpha value is -2.41. The first kappa shape index (κ1) is 19.4. The molecule has 0 radical (unpaired) electrons. The smallest absolute Gasteiger partial charge is 0.343 e. The van der Waals surface area contributed by atoms with E-state index in [1.165, 1.54) is 30.3 Å². The zero-order valence-corrected chi connectivity index (χ0v) is 15.8. The molecule has 0 saturated heterocycles. The lowest BCUT2D eigenvalue weighted by Crippen LogP contribution is -2.31. The van der Waals surface area contributed by atoms with Crippen LogP contribution in [0, 0.1) is 0 Å². The molecule has 2 aromatic carbocycles. The number of nitrogens with zero attached hydrogens (tertiary/aromatic N) is 1. The number of hydrogen-bond acceptors (Lipinski definition) is 5. The molecule has 0 unspecified atom stereocenters. The number of methoxy groups -OCH3 is 1. The van der Waals surface area contributed by atoms with E-state index in [0.717, 1.165) is 4.90 Å². The minimum Gasteiger partial charge on any atom is -0.421 e. The summed E-state index contributed by atoms with van der Waals surface area (Å²) in [6.45, 7) is 0.688. The molecule has 1 heterocycles. The van der Waals surface area contributed by atoms with Crippen LogP contribution in [0.2, 0.25) is 10.0 Å². The van der Waals surface area contributed by atoms with Gasteiger partial charge in [-0.15, -0.1) is 0 Å². The van der Waals surface area contributed by atoms with Gasteiger partial charge in [0.2, 0.25) is 0 Å². The van der Waals surface area contributed by atoms with E-state index in [-0.39, 0.29) is 39.9 Å². The molecule has 27 heavy (non-hydrogen) atoms. The van der Waals surface area contributed by atoms with Gasteiger partial charge in [-0.05, 0) is 42.8 Å². The number of esters is 1. The Morgan fingerprint density at radius 2 is 1.78 bits per heavy atom. The van der Waals surface area contributed by atoms with Crippen LogP contribution in [0.4, 0.5) is 0 Å². The summed E-state index contributed by atoms with van der Waals surface area (Å²) < 4.78 is 10.2. The number of carbonyl (C=O) groups is 3. The molecule has 2 amide bonds. The molecule has 140 valence electrons. The normalized spacial score (nSPS) is 13.1. The largest absolute Gasteiger partial charge is 0.421 e. The molecule has 0 saturated carbocycles. The Kier molecular flexibility index (Phi) is 5.79. The van der Waals surface area contributed by atoms with Gasteiger partial charge in [0.25, 0.3) is 11.8 Å². The van der Waals surface area contributed by atoms with E-state index in [2.05, 4.69) is 0 Å². The van der Waals surface area contributed by atoms with E-state index < -0.39 is 11.9 Å². The molecular formula is C19H15Cl2NO5. The van der Waals surface area contributed by atoms with Gasteiger partial charge in [-0.25, -0.2) is 4.79 Å². The van der Waals surface area contributed by atoms with Crippen LogP contribution in [0.1, 0.15) is 37.5 Å². The summed E-state index contributed by atoms with van der Waals surface area (Å²) in [5.41, 5.74) is 0.576. The van der Waals surface area contributed by atoms with Crippen molar-refractivity contribution in [3.05, 3.63) is 63.1 Å². The molecular weight excluding hydrogens is 393 g/mol. The van der Waals surface area contributed by atoms with Gasteiger partial charge < -0.3 is 9.47 Å². The first-order valence-corrected chi connectivity index (χ1v) is 8.84. The Morgan fingerprint density at radius 3 is 2.48 bits per heavy atom. The van der Waals surface area contributed by atoms with Crippen LogP contribution in [0.5, 0.6) is 5.75 Å². The van der Waals surface area contributed by atoms with Crippen molar-refractivity contribution in [1.29, 1.82) is 0 Å². The van der Waals surface area contributed by atoms with Crippen LogP contribution < -0.4 is 4.74 Å². The molecule has 8 heteroatoms. The van der Waals surface area contributed by atoms with Crippen LogP contribution in [-0.4, -0.2) is 42.9 Å². The fourth-order valence-corrected chi connectivity index (χ4v) is 3.15. The number of hydrogen-bond donors (Lipinski definition) is 0. The minimum atomic E-state index is -0.694. The first-order chi connectivity index (χ1) is 12.9. The van der Waals surface area contributed by atoms with Gasteiger partial charge in [-0.1, -0.05) is 23.2 Å². The van der Waals surface area contributed by atoms with Gasteiger partial charge in [0.1, 0.15) is 5.75 Å². The average Bonchev–Trinajstić information content (AvgIpc) is 2.88. The van der Waals surface area contributed by atoms with Crippen LogP contribution >= 0.6 is 23.2 Å². The van der Waals surface area contributed by atoms with Crippen molar-refractivity contribution >= 4 is 41.0 Å². The fraction of sp³-hybridized carbons (Fsp3) is 0.211. The number of ether oxygens (including phenoxy) is 2. The van der Waals surface area contributed by atoms with Crippen LogP contribution in [-0.2, 0) is 4.74 Å². The molecule has 1 aliphatic heterocycles. The summed E-state index contributed by atoms with van der Waals surface area (Å²) in [5.74, 6) is -1.37.